The Morgan fingerprint density at radius 2 is 2.30 bits per heavy atom. The first kappa shape index (κ1) is 13.4. The summed E-state index contributed by atoms with van der Waals surface area (Å²) in [6.07, 6.45) is 4.40. The summed E-state index contributed by atoms with van der Waals surface area (Å²) in [5.41, 5.74) is 3.89. The fraction of sp³-hybridized carbons (Fsp3) is 0.562. The Bertz CT molecular complexity index is 511. The molecule has 0 aromatic heterocycles. The van der Waals surface area contributed by atoms with Crippen LogP contribution in [0.5, 0.6) is 0 Å². The third-order valence-electron chi connectivity index (χ3n) is 4.38. The van der Waals surface area contributed by atoms with Crippen molar-refractivity contribution in [3.63, 3.8) is 0 Å². The van der Waals surface area contributed by atoms with Crippen LogP contribution in [-0.4, -0.2) is 30.7 Å². The topological polar surface area (TPSA) is 52.6 Å². The fourth-order valence-corrected chi connectivity index (χ4v) is 3.06. The van der Waals surface area contributed by atoms with Crippen LogP contribution in [0.15, 0.2) is 18.2 Å². The number of aliphatic carboxylic acids is 1. The second-order valence-corrected chi connectivity index (χ2v) is 6.02. The third kappa shape index (κ3) is 2.80. The lowest BCUT2D eigenvalue weighted by molar-refractivity contribution is -0.140. The van der Waals surface area contributed by atoms with Gasteiger partial charge in [0.1, 0.15) is 6.04 Å². The number of carboxylic acid groups (broad SMARTS) is 1. The van der Waals surface area contributed by atoms with Crippen molar-refractivity contribution < 1.29 is 9.90 Å². The predicted molar refractivity (Wildman–Crippen MR) is 79.0 cm³/mol. The molecule has 1 fully saturated rings. The molecule has 3 rings (SSSR count). The number of benzene rings is 1. The molecule has 1 unspecified atom stereocenters. The Hall–Kier alpha value is -1.55. The van der Waals surface area contributed by atoms with Crippen molar-refractivity contribution in [3.8, 4) is 0 Å². The second-order valence-electron chi connectivity index (χ2n) is 6.02. The quantitative estimate of drug-likeness (QED) is 0.862. The molecule has 1 aliphatic carbocycles. The van der Waals surface area contributed by atoms with Gasteiger partial charge in [-0.1, -0.05) is 12.1 Å². The minimum Gasteiger partial charge on any atom is -0.480 e. The average molecular weight is 274 g/mol. The van der Waals surface area contributed by atoms with Gasteiger partial charge in [-0.15, -0.1) is 0 Å². The van der Waals surface area contributed by atoms with E-state index < -0.39 is 5.97 Å². The van der Waals surface area contributed by atoms with Gasteiger partial charge in [0, 0.05) is 25.8 Å². The molecular formula is C16H22N2O2. The van der Waals surface area contributed by atoms with Crippen LogP contribution < -0.4 is 10.2 Å². The first-order chi connectivity index (χ1) is 9.65. The standard InChI is InChI=1S/C16H22N2O2/c1-18-8-2-3-13-9-11(4-7-14(13)18)10-17-15(16(19)20)12-5-6-12/h4,7,9,12,15,17H,2-3,5-6,8,10H2,1H3,(H,19,20). The monoisotopic (exact) mass is 274 g/mol. The Labute approximate surface area is 119 Å². The molecule has 0 saturated heterocycles. The number of hydrogen-bond donors (Lipinski definition) is 2. The van der Waals surface area contributed by atoms with Crippen LogP contribution in [-0.2, 0) is 17.8 Å². The molecular weight excluding hydrogens is 252 g/mol. The lowest BCUT2D eigenvalue weighted by Crippen LogP contribution is -2.38. The number of anilines is 1. The number of aryl methyl sites for hydroxylation is 1. The molecule has 4 heteroatoms. The number of hydrogen-bond acceptors (Lipinski definition) is 3. The van der Waals surface area contributed by atoms with E-state index in [4.69, 9.17) is 0 Å². The summed E-state index contributed by atoms with van der Waals surface area (Å²) >= 11 is 0. The number of nitrogens with one attached hydrogen (secondary N) is 1. The number of carbonyl (C=O) groups is 1. The number of rotatable bonds is 5. The fourth-order valence-electron chi connectivity index (χ4n) is 3.06. The van der Waals surface area contributed by atoms with Crippen LogP contribution >= 0.6 is 0 Å². The van der Waals surface area contributed by atoms with Crippen molar-refractivity contribution in [2.75, 3.05) is 18.5 Å². The van der Waals surface area contributed by atoms with Crippen LogP contribution in [0.3, 0.4) is 0 Å². The second kappa shape index (κ2) is 5.44. The highest BCUT2D eigenvalue weighted by Crippen LogP contribution is 2.33. The number of nitrogens with zero attached hydrogens (tertiary/aromatic N) is 1. The average Bonchev–Trinajstić information content (AvgIpc) is 3.23. The minimum atomic E-state index is -0.717. The number of carboxylic acids is 1. The zero-order valence-electron chi connectivity index (χ0n) is 11.9. The molecule has 1 saturated carbocycles. The molecule has 1 aromatic carbocycles. The zero-order valence-corrected chi connectivity index (χ0v) is 11.9. The summed E-state index contributed by atoms with van der Waals surface area (Å²) in [4.78, 5) is 13.5. The van der Waals surface area contributed by atoms with Crippen molar-refractivity contribution in [1.82, 2.24) is 5.32 Å². The van der Waals surface area contributed by atoms with Gasteiger partial charge < -0.3 is 15.3 Å². The van der Waals surface area contributed by atoms with Crippen LogP contribution in [0.4, 0.5) is 5.69 Å². The van der Waals surface area contributed by atoms with Crippen molar-refractivity contribution in [2.45, 2.75) is 38.3 Å². The van der Waals surface area contributed by atoms with Crippen molar-refractivity contribution in [2.24, 2.45) is 5.92 Å². The van der Waals surface area contributed by atoms with Crippen molar-refractivity contribution in [3.05, 3.63) is 29.3 Å². The highest BCUT2D eigenvalue weighted by molar-refractivity contribution is 5.74. The first-order valence-corrected chi connectivity index (χ1v) is 7.44. The lowest BCUT2D eigenvalue weighted by atomic mass is 9.99. The van der Waals surface area contributed by atoms with E-state index in [1.54, 1.807) is 0 Å². The van der Waals surface area contributed by atoms with Gasteiger partial charge in [0.25, 0.3) is 0 Å². The van der Waals surface area contributed by atoms with Crippen LogP contribution in [0, 0.1) is 5.92 Å². The lowest BCUT2D eigenvalue weighted by Gasteiger charge is -2.28. The van der Waals surface area contributed by atoms with Gasteiger partial charge in [0.05, 0.1) is 0 Å². The largest absolute Gasteiger partial charge is 0.480 e. The van der Waals surface area contributed by atoms with Gasteiger partial charge in [-0.2, -0.15) is 0 Å². The zero-order chi connectivity index (χ0) is 14.1. The molecule has 0 spiro atoms. The Balaban J connectivity index is 1.67. The molecule has 4 nitrogen and oxygen atoms in total. The molecule has 0 radical (unpaired) electrons. The number of fused-ring (bicyclic) bond motifs is 1. The van der Waals surface area contributed by atoms with E-state index >= 15 is 0 Å². The van der Waals surface area contributed by atoms with E-state index in [1.165, 1.54) is 23.2 Å². The van der Waals surface area contributed by atoms with Crippen LogP contribution in [0.2, 0.25) is 0 Å². The van der Waals surface area contributed by atoms with E-state index in [-0.39, 0.29) is 6.04 Å². The molecule has 2 aliphatic rings. The molecule has 108 valence electrons. The minimum absolute atomic E-state index is 0.330. The summed E-state index contributed by atoms with van der Waals surface area (Å²) in [6.45, 7) is 1.76. The van der Waals surface area contributed by atoms with Crippen LogP contribution in [0.25, 0.3) is 0 Å². The summed E-state index contributed by atoms with van der Waals surface area (Å²) < 4.78 is 0. The Morgan fingerprint density at radius 1 is 1.50 bits per heavy atom. The molecule has 0 bridgehead atoms. The van der Waals surface area contributed by atoms with E-state index in [2.05, 4.69) is 35.5 Å². The van der Waals surface area contributed by atoms with Gasteiger partial charge in [0.15, 0.2) is 0 Å². The third-order valence-corrected chi connectivity index (χ3v) is 4.38. The Kier molecular flexibility index (Phi) is 3.66. The summed E-state index contributed by atoms with van der Waals surface area (Å²) in [7, 11) is 2.13. The molecule has 1 atom stereocenters. The predicted octanol–water partition coefficient (Wildman–Crippen LogP) is 2.02. The molecule has 1 heterocycles. The highest BCUT2D eigenvalue weighted by atomic mass is 16.4. The summed E-state index contributed by atoms with van der Waals surface area (Å²) in [6, 6.07) is 6.12. The van der Waals surface area contributed by atoms with E-state index in [0.717, 1.165) is 25.8 Å². The Morgan fingerprint density at radius 3 is 3.00 bits per heavy atom. The van der Waals surface area contributed by atoms with Gasteiger partial charge >= 0.3 is 5.97 Å². The maximum atomic E-state index is 11.2. The first-order valence-electron chi connectivity index (χ1n) is 7.44. The molecule has 0 amide bonds. The van der Waals surface area contributed by atoms with Crippen LogP contribution in [0.1, 0.15) is 30.4 Å². The summed E-state index contributed by atoms with van der Waals surface area (Å²) in [5.74, 6) is -0.388. The van der Waals surface area contributed by atoms with Gasteiger partial charge in [-0.3, -0.25) is 4.79 Å². The smallest absolute Gasteiger partial charge is 0.320 e. The maximum absolute atomic E-state index is 11.2. The normalized spacial score (nSPS) is 19.6. The van der Waals surface area contributed by atoms with Gasteiger partial charge in [-0.25, -0.2) is 0 Å². The van der Waals surface area contributed by atoms with Gasteiger partial charge in [0.2, 0.25) is 0 Å². The maximum Gasteiger partial charge on any atom is 0.320 e. The molecule has 20 heavy (non-hydrogen) atoms. The SMILES string of the molecule is CN1CCCc2cc(CNC(C(=O)O)C3CC3)ccc21. The van der Waals surface area contributed by atoms with Crippen molar-refractivity contribution >= 4 is 11.7 Å². The van der Waals surface area contributed by atoms with Gasteiger partial charge in [-0.05, 0) is 48.8 Å². The summed E-state index contributed by atoms with van der Waals surface area (Å²) in [5, 5.41) is 12.4. The molecule has 1 aliphatic heterocycles. The molecule has 1 aromatic rings. The van der Waals surface area contributed by atoms with E-state index in [1.807, 2.05) is 0 Å². The van der Waals surface area contributed by atoms with E-state index in [9.17, 15) is 9.90 Å². The van der Waals surface area contributed by atoms with E-state index in [0.29, 0.717) is 12.5 Å². The van der Waals surface area contributed by atoms with Crippen molar-refractivity contribution in [1.29, 1.82) is 0 Å². The highest BCUT2D eigenvalue weighted by Gasteiger charge is 2.35. The molecule has 2 N–H and O–H groups in total.